The fourth-order valence-electron chi connectivity index (χ4n) is 3.40. The first kappa shape index (κ1) is 18.0. The summed E-state index contributed by atoms with van der Waals surface area (Å²) in [7, 11) is 0. The first-order valence-corrected chi connectivity index (χ1v) is 9.28. The van der Waals surface area contributed by atoms with Crippen LogP contribution in [0.3, 0.4) is 0 Å². The van der Waals surface area contributed by atoms with Crippen LogP contribution in [0.15, 0.2) is 54.2 Å². The number of phenolic OH excluding ortho intramolecular Hbond substituents is 2. The molecule has 0 bridgehead atoms. The van der Waals surface area contributed by atoms with Gasteiger partial charge in [0.25, 0.3) is 0 Å². The van der Waals surface area contributed by atoms with E-state index in [-0.39, 0.29) is 11.5 Å². The lowest BCUT2D eigenvalue weighted by Crippen LogP contribution is -2.04. The number of allylic oxidation sites excluding steroid dienone is 4. The van der Waals surface area contributed by atoms with Crippen molar-refractivity contribution in [3.05, 3.63) is 71.0 Å². The summed E-state index contributed by atoms with van der Waals surface area (Å²) < 4.78 is 11.7. The van der Waals surface area contributed by atoms with Crippen LogP contribution in [-0.2, 0) is 15.9 Å². The monoisotopic (exact) mass is 378 g/mol. The van der Waals surface area contributed by atoms with Crippen molar-refractivity contribution in [2.75, 3.05) is 0 Å². The van der Waals surface area contributed by atoms with Crippen molar-refractivity contribution in [2.24, 2.45) is 0 Å². The van der Waals surface area contributed by atoms with Crippen LogP contribution >= 0.6 is 0 Å². The van der Waals surface area contributed by atoms with Crippen LogP contribution in [0.25, 0.3) is 17.0 Å². The maximum Gasteiger partial charge on any atom is 0.173 e. The Bertz CT molecular complexity index is 1040. The van der Waals surface area contributed by atoms with E-state index in [0.29, 0.717) is 34.8 Å². The highest BCUT2D eigenvalue weighted by Crippen LogP contribution is 2.40. The molecule has 0 fully saturated rings. The summed E-state index contributed by atoms with van der Waals surface area (Å²) >= 11 is 0. The fraction of sp³-hybridized carbons (Fsp3) is 0.227. The van der Waals surface area contributed by atoms with Gasteiger partial charge in [-0.3, -0.25) is 5.10 Å². The van der Waals surface area contributed by atoms with E-state index in [0.717, 1.165) is 29.7 Å². The Labute approximate surface area is 163 Å². The second-order valence-corrected chi connectivity index (χ2v) is 6.78. The molecule has 1 aromatic heterocycles. The Hall–Kier alpha value is -3.41. The Balaban J connectivity index is 1.73. The van der Waals surface area contributed by atoms with Gasteiger partial charge in [0.1, 0.15) is 29.7 Å². The van der Waals surface area contributed by atoms with Crippen LogP contribution in [-0.4, -0.2) is 20.4 Å². The lowest BCUT2D eigenvalue weighted by Gasteiger charge is -2.20. The Morgan fingerprint density at radius 1 is 1.14 bits per heavy atom. The first-order chi connectivity index (χ1) is 13.6. The van der Waals surface area contributed by atoms with E-state index in [2.05, 4.69) is 16.3 Å². The van der Waals surface area contributed by atoms with Gasteiger partial charge in [-0.1, -0.05) is 25.2 Å². The number of aromatic hydroxyl groups is 2. The minimum absolute atomic E-state index is 0.0457. The number of aromatic amines is 1. The standard InChI is InChI=1S/C22H22N2O4/c1-3-14-9-16(18(26)10-17(14)25)22-21(13(2)23-24-22)20-12-27-11-19(28-20)15-7-5-4-6-8-15/h4-5,7,9-12,25-26H,3,6,8H2,1-2H3,(H,23,24). The molecule has 0 saturated heterocycles. The normalized spacial score (nSPS) is 16.0. The number of hydrogen-bond acceptors (Lipinski definition) is 5. The van der Waals surface area contributed by atoms with Gasteiger partial charge in [-0.15, -0.1) is 0 Å². The lowest BCUT2D eigenvalue weighted by molar-refractivity contribution is 0.285. The molecule has 1 aliphatic heterocycles. The maximum absolute atomic E-state index is 10.4. The highest BCUT2D eigenvalue weighted by Gasteiger charge is 2.25. The first-order valence-electron chi connectivity index (χ1n) is 9.28. The van der Waals surface area contributed by atoms with Gasteiger partial charge >= 0.3 is 0 Å². The minimum atomic E-state index is -0.0457. The van der Waals surface area contributed by atoms with Crippen LogP contribution in [0.5, 0.6) is 11.5 Å². The average Bonchev–Trinajstić information content (AvgIpc) is 3.10. The van der Waals surface area contributed by atoms with Crippen LogP contribution in [0, 0.1) is 6.92 Å². The number of rotatable bonds is 4. The van der Waals surface area contributed by atoms with Gasteiger partial charge in [0.2, 0.25) is 0 Å². The summed E-state index contributed by atoms with van der Waals surface area (Å²) in [6.07, 6.45) is 11.7. The second-order valence-electron chi connectivity index (χ2n) is 6.78. The van der Waals surface area contributed by atoms with Crippen molar-refractivity contribution in [3.8, 4) is 22.8 Å². The van der Waals surface area contributed by atoms with E-state index in [1.165, 1.54) is 12.3 Å². The van der Waals surface area contributed by atoms with Gasteiger partial charge in [-0.25, -0.2) is 0 Å². The van der Waals surface area contributed by atoms with Gasteiger partial charge in [0.15, 0.2) is 11.5 Å². The molecule has 0 spiro atoms. The number of ether oxygens (including phenoxy) is 2. The third kappa shape index (κ3) is 3.17. The smallest absolute Gasteiger partial charge is 0.173 e. The number of nitrogens with one attached hydrogen (secondary N) is 1. The van der Waals surface area contributed by atoms with Gasteiger partial charge in [0, 0.05) is 17.3 Å². The predicted octanol–water partition coefficient (Wildman–Crippen LogP) is 4.82. The Morgan fingerprint density at radius 2 is 1.96 bits per heavy atom. The molecule has 2 heterocycles. The van der Waals surface area contributed by atoms with E-state index >= 15 is 0 Å². The molecule has 0 amide bonds. The third-order valence-corrected chi connectivity index (χ3v) is 4.93. The molecule has 2 aliphatic rings. The third-order valence-electron chi connectivity index (χ3n) is 4.93. The Kier molecular flexibility index (Phi) is 4.69. The van der Waals surface area contributed by atoms with Crippen LogP contribution < -0.4 is 0 Å². The zero-order chi connectivity index (χ0) is 19.7. The quantitative estimate of drug-likeness (QED) is 0.710. The molecule has 0 radical (unpaired) electrons. The van der Waals surface area contributed by atoms with E-state index in [1.54, 1.807) is 12.3 Å². The van der Waals surface area contributed by atoms with Crippen LogP contribution in [0.4, 0.5) is 0 Å². The summed E-state index contributed by atoms with van der Waals surface area (Å²) in [6, 6.07) is 3.10. The summed E-state index contributed by atoms with van der Waals surface area (Å²) in [5.41, 5.74) is 4.35. The molecule has 6 heteroatoms. The van der Waals surface area contributed by atoms with Crippen molar-refractivity contribution in [1.29, 1.82) is 0 Å². The summed E-state index contributed by atoms with van der Waals surface area (Å²) in [6.45, 7) is 3.82. The SMILES string of the molecule is CCc1cc(-c2n[nH]c(C)c2C2=COC=C(C3=CC=CCC3)O2)c(O)cc1O. The van der Waals surface area contributed by atoms with Crippen LogP contribution in [0.2, 0.25) is 0 Å². The van der Waals surface area contributed by atoms with Gasteiger partial charge in [-0.2, -0.15) is 5.10 Å². The lowest BCUT2D eigenvalue weighted by atomic mass is 9.99. The summed E-state index contributed by atoms with van der Waals surface area (Å²) in [5, 5.41) is 27.8. The molecular formula is C22H22N2O4. The van der Waals surface area contributed by atoms with Crippen molar-refractivity contribution < 1.29 is 19.7 Å². The summed E-state index contributed by atoms with van der Waals surface area (Å²) in [5.74, 6) is 1.20. The Morgan fingerprint density at radius 3 is 2.71 bits per heavy atom. The highest BCUT2D eigenvalue weighted by atomic mass is 16.5. The molecule has 2 aromatic rings. The molecule has 1 aromatic carbocycles. The van der Waals surface area contributed by atoms with Crippen molar-refractivity contribution in [1.82, 2.24) is 10.2 Å². The average molecular weight is 378 g/mol. The number of aryl methyl sites for hydroxylation is 2. The predicted molar refractivity (Wildman–Crippen MR) is 106 cm³/mol. The second kappa shape index (κ2) is 7.31. The number of nitrogens with zero attached hydrogens (tertiary/aromatic N) is 1. The number of aromatic nitrogens is 2. The number of phenols is 2. The highest BCUT2D eigenvalue weighted by molar-refractivity contribution is 5.81. The molecule has 0 atom stereocenters. The molecule has 0 unspecified atom stereocenters. The fourth-order valence-corrected chi connectivity index (χ4v) is 3.40. The number of benzene rings is 1. The van der Waals surface area contributed by atoms with Crippen molar-refractivity contribution >= 4 is 5.76 Å². The molecular weight excluding hydrogens is 356 g/mol. The molecule has 4 rings (SSSR count). The molecule has 0 saturated carbocycles. The molecule has 28 heavy (non-hydrogen) atoms. The molecule has 1 aliphatic carbocycles. The largest absolute Gasteiger partial charge is 0.508 e. The van der Waals surface area contributed by atoms with Crippen LogP contribution in [0.1, 0.15) is 36.6 Å². The van der Waals surface area contributed by atoms with Gasteiger partial charge < -0.3 is 19.7 Å². The zero-order valence-corrected chi connectivity index (χ0v) is 15.8. The van der Waals surface area contributed by atoms with Gasteiger partial charge in [0.05, 0.1) is 5.56 Å². The maximum atomic E-state index is 10.4. The molecule has 144 valence electrons. The number of hydrogen-bond donors (Lipinski definition) is 3. The topological polar surface area (TPSA) is 87.6 Å². The van der Waals surface area contributed by atoms with E-state index < -0.39 is 0 Å². The number of H-pyrrole nitrogens is 1. The van der Waals surface area contributed by atoms with E-state index in [4.69, 9.17) is 9.47 Å². The van der Waals surface area contributed by atoms with Crippen molar-refractivity contribution in [3.63, 3.8) is 0 Å². The van der Waals surface area contributed by atoms with Crippen molar-refractivity contribution in [2.45, 2.75) is 33.1 Å². The minimum Gasteiger partial charge on any atom is -0.508 e. The zero-order valence-electron chi connectivity index (χ0n) is 15.8. The van der Waals surface area contributed by atoms with E-state index in [9.17, 15) is 10.2 Å². The molecule has 3 N–H and O–H groups in total. The summed E-state index contributed by atoms with van der Waals surface area (Å²) in [4.78, 5) is 0. The van der Waals surface area contributed by atoms with Gasteiger partial charge in [-0.05, 0) is 43.4 Å². The van der Waals surface area contributed by atoms with E-state index in [1.807, 2.05) is 26.0 Å². The molecule has 6 nitrogen and oxygen atoms in total.